The topological polar surface area (TPSA) is 27.6 Å². The van der Waals surface area contributed by atoms with Crippen LogP contribution in [0.25, 0.3) is 0 Å². The van der Waals surface area contributed by atoms with Crippen LogP contribution in [0.2, 0.25) is 0 Å². The molecule has 26 heavy (non-hydrogen) atoms. The smallest absolute Gasteiger partial charge is 0.120 e. The molecule has 3 nitrogen and oxygen atoms in total. The van der Waals surface area contributed by atoms with Crippen LogP contribution in [-0.2, 0) is 6.54 Å². The third-order valence-corrected chi connectivity index (χ3v) is 6.13. The zero-order valence-electron chi connectivity index (χ0n) is 15.4. The third-order valence-electron chi connectivity index (χ3n) is 5.04. The SMILES string of the molecule is CC1CCC/C=N\C2=C1Nc1cc(CN(C)c3ccccc3)ccc1S2. The van der Waals surface area contributed by atoms with Crippen molar-refractivity contribution in [3.8, 4) is 0 Å². The Kier molecular flexibility index (Phi) is 5.02. The van der Waals surface area contributed by atoms with Gasteiger partial charge in [-0.05, 0) is 55.0 Å². The molecule has 134 valence electrons. The molecule has 0 aliphatic carbocycles. The lowest BCUT2D eigenvalue weighted by molar-refractivity contribution is 0.586. The van der Waals surface area contributed by atoms with Gasteiger partial charge in [-0.3, -0.25) is 4.99 Å². The number of rotatable bonds is 3. The standard InChI is InChI=1S/C22H25N3S/c1-16-8-6-7-13-23-22-21(16)24-19-14-17(11-12-20(19)26-22)15-25(2)18-9-4-3-5-10-18/h3-5,9-14,16,24H,6-8,15H2,1-2H3/b23-13-. The molecule has 2 aliphatic rings. The van der Waals surface area contributed by atoms with Crippen molar-refractivity contribution in [2.24, 2.45) is 10.9 Å². The first-order valence-corrected chi connectivity index (χ1v) is 10.1. The van der Waals surface area contributed by atoms with E-state index in [-0.39, 0.29) is 0 Å². The maximum Gasteiger partial charge on any atom is 0.120 e. The summed E-state index contributed by atoms with van der Waals surface area (Å²) < 4.78 is 0. The van der Waals surface area contributed by atoms with Crippen LogP contribution in [0.4, 0.5) is 11.4 Å². The van der Waals surface area contributed by atoms with Gasteiger partial charge < -0.3 is 10.2 Å². The minimum atomic E-state index is 0.527. The fourth-order valence-electron chi connectivity index (χ4n) is 3.50. The molecule has 0 aromatic heterocycles. The molecule has 0 bridgehead atoms. The van der Waals surface area contributed by atoms with Gasteiger partial charge in [0.05, 0.1) is 11.4 Å². The number of nitrogens with zero attached hydrogens (tertiary/aromatic N) is 2. The van der Waals surface area contributed by atoms with Crippen molar-refractivity contribution >= 4 is 29.4 Å². The number of fused-ring (bicyclic) bond motifs is 1. The quantitative estimate of drug-likeness (QED) is 0.735. The molecule has 2 aromatic carbocycles. The molecule has 2 aliphatic heterocycles. The minimum absolute atomic E-state index is 0.527. The number of aliphatic imine (C=N–C) groups is 1. The second kappa shape index (κ2) is 7.58. The van der Waals surface area contributed by atoms with Crippen molar-refractivity contribution in [3.63, 3.8) is 0 Å². The van der Waals surface area contributed by atoms with Crippen molar-refractivity contribution in [1.29, 1.82) is 0 Å². The summed E-state index contributed by atoms with van der Waals surface area (Å²) in [6.45, 7) is 3.20. The molecule has 0 saturated carbocycles. The first-order valence-electron chi connectivity index (χ1n) is 9.31. The normalized spacial score (nSPS) is 20.3. The maximum absolute atomic E-state index is 4.71. The maximum atomic E-state index is 4.71. The molecule has 0 spiro atoms. The van der Waals surface area contributed by atoms with Crippen molar-refractivity contribution in [2.45, 2.75) is 37.6 Å². The fourth-order valence-corrected chi connectivity index (χ4v) is 4.56. The van der Waals surface area contributed by atoms with Crippen LogP contribution in [0, 0.1) is 5.92 Å². The van der Waals surface area contributed by atoms with E-state index in [9.17, 15) is 0 Å². The first-order chi connectivity index (χ1) is 12.7. The molecule has 0 amide bonds. The van der Waals surface area contributed by atoms with Crippen LogP contribution in [0.3, 0.4) is 0 Å². The van der Waals surface area contributed by atoms with E-state index < -0.39 is 0 Å². The van der Waals surface area contributed by atoms with Gasteiger partial charge in [-0.1, -0.05) is 43.0 Å². The second-order valence-electron chi connectivity index (χ2n) is 7.11. The second-order valence-corrected chi connectivity index (χ2v) is 8.14. The summed E-state index contributed by atoms with van der Waals surface area (Å²) in [7, 11) is 2.14. The van der Waals surface area contributed by atoms with E-state index >= 15 is 0 Å². The highest BCUT2D eigenvalue weighted by Gasteiger charge is 2.23. The number of thioether (sulfide) groups is 1. The van der Waals surface area contributed by atoms with Crippen LogP contribution in [0.1, 0.15) is 31.7 Å². The van der Waals surface area contributed by atoms with Gasteiger partial charge in [0.25, 0.3) is 0 Å². The van der Waals surface area contributed by atoms with Crippen LogP contribution in [-0.4, -0.2) is 13.3 Å². The number of hydrogen-bond acceptors (Lipinski definition) is 4. The predicted molar refractivity (Wildman–Crippen MR) is 113 cm³/mol. The van der Waals surface area contributed by atoms with Crippen molar-refractivity contribution in [2.75, 3.05) is 17.3 Å². The summed E-state index contributed by atoms with van der Waals surface area (Å²) >= 11 is 1.80. The molecule has 1 N–H and O–H groups in total. The predicted octanol–water partition coefficient (Wildman–Crippen LogP) is 5.90. The Balaban J connectivity index is 1.56. The lowest BCUT2D eigenvalue weighted by Crippen LogP contribution is -2.18. The van der Waals surface area contributed by atoms with E-state index in [1.54, 1.807) is 11.8 Å². The summed E-state index contributed by atoms with van der Waals surface area (Å²) in [4.78, 5) is 8.26. The monoisotopic (exact) mass is 363 g/mol. The van der Waals surface area contributed by atoms with E-state index in [0.717, 1.165) is 18.0 Å². The zero-order valence-corrected chi connectivity index (χ0v) is 16.2. The molecule has 4 rings (SSSR count). The number of anilines is 2. The van der Waals surface area contributed by atoms with Gasteiger partial charge in [-0.15, -0.1) is 0 Å². The van der Waals surface area contributed by atoms with Crippen LogP contribution < -0.4 is 10.2 Å². The summed E-state index contributed by atoms with van der Waals surface area (Å²) in [6, 6.07) is 17.3. The Morgan fingerprint density at radius 3 is 2.88 bits per heavy atom. The molecule has 1 unspecified atom stereocenters. The van der Waals surface area contributed by atoms with Gasteiger partial charge in [0, 0.05) is 30.4 Å². The first kappa shape index (κ1) is 17.2. The van der Waals surface area contributed by atoms with E-state index in [1.807, 2.05) is 0 Å². The Labute approximate surface area is 160 Å². The zero-order chi connectivity index (χ0) is 17.9. The molecule has 2 heterocycles. The number of nitrogens with one attached hydrogen (secondary N) is 1. The number of benzene rings is 2. The van der Waals surface area contributed by atoms with Gasteiger partial charge in [0.2, 0.25) is 0 Å². The average Bonchev–Trinajstić information content (AvgIpc) is 2.66. The van der Waals surface area contributed by atoms with Gasteiger partial charge in [-0.25, -0.2) is 0 Å². The Hall–Kier alpha value is -2.20. The molecule has 0 radical (unpaired) electrons. The molecule has 2 aromatic rings. The van der Waals surface area contributed by atoms with Gasteiger partial charge in [0.15, 0.2) is 0 Å². The Morgan fingerprint density at radius 1 is 1.19 bits per heavy atom. The highest BCUT2D eigenvalue weighted by atomic mass is 32.2. The number of hydrogen-bond donors (Lipinski definition) is 1. The lowest BCUT2D eigenvalue weighted by atomic mass is 9.99. The minimum Gasteiger partial charge on any atom is -0.370 e. The Bertz CT molecular complexity index is 842. The Morgan fingerprint density at radius 2 is 2.04 bits per heavy atom. The van der Waals surface area contributed by atoms with Gasteiger partial charge in [-0.2, -0.15) is 0 Å². The van der Waals surface area contributed by atoms with Crippen LogP contribution in [0.15, 0.2) is 69.1 Å². The highest BCUT2D eigenvalue weighted by molar-refractivity contribution is 8.03. The van der Waals surface area contributed by atoms with E-state index in [2.05, 4.69) is 78.9 Å². The van der Waals surface area contributed by atoms with Gasteiger partial charge in [0.1, 0.15) is 5.03 Å². The summed E-state index contributed by atoms with van der Waals surface area (Å²) in [6.07, 6.45) is 5.58. The molecular weight excluding hydrogens is 338 g/mol. The third kappa shape index (κ3) is 3.65. The molecular formula is C22H25N3S. The molecule has 4 heteroatoms. The summed E-state index contributed by atoms with van der Waals surface area (Å²) in [5, 5.41) is 4.83. The average molecular weight is 364 g/mol. The summed E-state index contributed by atoms with van der Waals surface area (Å²) in [5.41, 5.74) is 5.05. The van der Waals surface area contributed by atoms with E-state index in [0.29, 0.717) is 5.92 Å². The number of para-hydroxylation sites is 1. The van der Waals surface area contributed by atoms with Gasteiger partial charge >= 0.3 is 0 Å². The largest absolute Gasteiger partial charge is 0.370 e. The van der Waals surface area contributed by atoms with Crippen LogP contribution in [0.5, 0.6) is 0 Å². The molecule has 0 fully saturated rings. The van der Waals surface area contributed by atoms with Crippen molar-refractivity contribution < 1.29 is 0 Å². The summed E-state index contributed by atoms with van der Waals surface area (Å²) in [5.74, 6) is 0.527. The van der Waals surface area contributed by atoms with Crippen LogP contribution >= 0.6 is 11.8 Å². The lowest BCUT2D eigenvalue weighted by Gasteiger charge is -2.28. The molecule has 0 saturated heterocycles. The van der Waals surface area contributed by atoms with Crippen molar-refractivity contribution in [1.82, 2.24) is 0 Å². The van der Waals surface area contributed by atoms with Crippen molar-refractivity contribution in [3.05, 3.63) is 64.8 Å². The molecule has 1 atom stereocenters. The highest BCUT2D eigenvalue weighted by Crippen LogP contribution is 2.43. The van der Waals surface area contributed by atoms with E-state index in [1.165, 1.54) is 40.4 Å². The fraction of sp³-hybridized carbons (Fsp3) is 0.318. The van der Waals surface area contributed by atoms with E-state index in [4.69, 9.17) is 4.99 Å². The number of allylic oxidation sites excluding steroid dienone is 1.